The van der Waals surface area contributed by atoms with Gasteiger partial charge < -0.3 is 14.8 Å². The van der Waals surface area contributed by atoms with Crippen molar-refractivity contribution in [3.05, 3.63) is 57.5 Å². The van der Waals surface area contributed by atoms with Gasteiger partial charge in [0, 0.05) is 6.54 Å². The summed E-state index contributed by atoms with van der Waals surface area (Å²) in [7, 11) is 0. The summed E-state index contributed by atoms with van der Waals surface area (Å²) in [5.41, 5.74) is 1.05. The molecule has 0 aliphatic heterocycles. The van der Waals surface area contributed by atoms with Gasteiger partial charge in [0.25, 0.3) is 0 Å². The minimum absolute atomic E-state index is 0.0766. The fourth-order valence-electron chi connectivity index (χ4n) is 1.58. The minimum Gasteiger partial charge on any atom is -0.462 e. The number of halogens is 2. The van der Waals surface area contributed by atoms with Crippen LogP contribution in [-0.2, 0) is 19.7 Å². The fraction of sp³-hybridized carbons (Fsp3) is 0.231. The summed E-state index contributed by atoms with van der Waals surface area (Å²) in [6.45, 7) is 1.19. The van der Waals surface area contributed by atoms with Crippen molar-refractivity contribution in [1.82, 2.24) is 5.32 Å². The molecule has 2 rings (SSSR count). The Morgan fingerprint density at radius 3 is 2.44 bits per heavy atom. The molecule has 0 radical (unpaired) electrons. The molecule has 3 nitrogen and oxygen atoms in total. The second kappa shape index (κ2) is 6.25. The monoisotopic (exact) mass is 285 g/mol. The molecule has 2 aromatic rings. The zero-order valence-corrected chi connectivity index (χ0v) is 11.1. The van der Waals surface area contributed by atoms with Gasteiger partial charge in [0.2, 0.25) is 0 Å². The van der Waals surface area contributed by atoms with Crippen LogP contribution in [0.15, 0.2) is 34.7 Å². The van der Waals surface area contributed by atoms with Gasteiger partial charge in [0.15, 0.2) is 0 Å². The van der Waals surface area contributed by atoms with Crippen molar-refractivity contribution in [2.45, 2.75) is 19.7 Å². The molecule has 0 unspecified atom stereocenters. The highest BCUT2D eigenvalue weighted by Gasteiger charge is 2.02. The predicted octanol–water partition coefficient (Wildman–Crippen LogP) is 3.37. The number of furan rings is 1. The number of rotatable bonds is 5. The summed E-state index contributed by atoms with van der Waals surface area (Å²) < 4.78 is 5.35. The average Bonchev–Trinajstić information content (AvgIpc) is 2.82. The van der Waals surface area contributed by atoms with Crippen molar-refractivity contribution in [2.24, 2.45) is 0 Å². The van der Waals surface area contributed by atoms with Crippen molar-refractivity contribution in [2.75, 3.05) is 0 Å². The van der Waals surface area contributed by atoms with E-state index >= 15 is 0 Å². The summed E-state index contributed by atoms with van der Waals surface area (Å²) in [5, 5.41) is 13.2. The number of benzene rings is 1. The van der Waals surface area contributed by atoms with Crippen LogP contribution in [-0.4, -0.2) is 5.11 Å². The maximum absolute atomic E-state index is 8.87. The summed E-state index contributed by atoms with van der Waals surface area (Å²) in [6, 6.07) is 9.13. The summed E-state index contributed by atoms with van der Waals surface area (Å²) in [5.74, 6) is 1.36. The van der Waals surface area contributed by atoms with Crippen molar-refractivity contribution < 1.29 is 9.52 Å². The normalized spacial score (nSPS) is 10.8. The first-order valence-electron chi connectivity index (χ1n) is 5.52. The van der Waals surface area contributed by atoms with Crippen LogP contribution >= 0.6 is 23.2 Å². The van der Waals surface area contributed by atoms with Gasteiger partial charge in [-0.25, -0.2) is 0 Å². The minimum atomic E-state index is -0.0766. The molecule has 0 aliphatic rings. The smallest absolute Gasteiger partial charge is 0.129 e. The van der Waals surface area contributed by atoms with Gasteiger partial charge in [-0.3, -0.25) is 0 Å². The van der Waals surface area contributed by atoms with Gasteiger partial charge in [-0.05, 0) is 29.8 Å². The third kappa shape index (κ3) is 3.50. The zero-order chi connectivity index (χ0) is 13.0. The molecule has 0 amide bonds. The number of nitrogens with one attached hydrogen (secondary N) is 1. The van der Waals surface area contributed by atoms with Crippen molar-refractivity contribution in [3.8, 4) is 0 Å². The average molecular weight is 286 g/mol. The van der Waals surface area contributed by atoms with Gasteiger partial charge in [0.05, 0.1) is 16.6 Å². The fourth-order valence-corrected chi connectivity index (χ4v) is 1.90. The van der Waals surface area contributed by atoms with Gasteiger partial charge in [-0.1, -0.05) is 29.3 Å². The molecule has 0 spiro atoms. The zero-order valence-electron chi connectivity index (χ0n) is 9.62. The Morgan fingerprint density at radius 1 is 1.00 bits per heavy atom. The Balaban J connectivity index is 1.86. The molecular weight excluding hydrogens is 273 g/mol. The van der Waals surface area contributed by atoms with E-state index in [1.807, 2.05) is 18.2 Å². The quantitative estimate of drug-likeness (QED) is 0.885. The van der Waals surface area contributed by atoms with Gasteiger partial charge in [-0.2, -0.15) is 0 Å². The maximum atomic E-state index is 8.87. The van der Waals surface area contributed by atoms with Crippen LogP contribution < -0.4 is 5.32 Å². The first kappa shape index (κ1) is 13.4. The highest BCUT2D eigenvalue weighted by Crippen LogP contribution is 2.22. The van der Waals surface area contributed by atoms with Crippen LogP contribution in [0.25, 0.3) is 0 Å². The lowest BCUT2D eigenvalue weighted by molar-refractivity contribution is 0.242. The number of hydrogen-bond donors (Lipinski definition) is 2. The van der Waals surface area contributed by atoms with E-state index in [-0.39, 0.29) is 6.61 Å². The molecular formula is C13H13Cl2NO2. The summed E-state index contributed by atoms with van der Waals surface area (Å²) in [6.07, 6.45) is 0. The lowest BCUT2D eigenvalue weighted by Gasteiger charge is -2.04. The Labute approximate surface area is 115 Å². The molecule has 0 aliphatic carbocycles. The van der Waals surface area contributed by atoms with Crippen LogP contribution in [0.3, 0.4) is 0 Å². The second-order valence-electron chi connectivity index (χ2n) is 3.88. The molecule has 0 saturated carbocycles. The van der Waals surface area contributed by atoms with E-state index in [1.54, 1.807) is 12.1 Å². The molecule has 96 valence electrons. The molecule has 1 aromatic heterocycles. The van der Waals surface area contributed by atoms with E-state index in [1.165, 1.54) is 0 Å². The van der Waals surface area contributed by atoms with Crippen molar-refractivity contribution >= 4 is 23.2 Å². The van der Waals surface area contributed by atoms with Crippen molar-refractivity contribution in [3.63, 3.8) is 0 Å². The highest BCUT2D eigenvalue weighted by molar-refractivity contribution is 6.42. The van der Waals surface area contributed by atoms with E-state index in [9.17, 15) is 0 Å². The number of hydrogen-bond acceptors (Lipinski definition) is 3. The van der Waals surface area contributed by atoms with E-state index in [4.69, 9.17) is 32.7 Å². The Morgan fingerprint density at radius 2 is 1.78 bits per heavy atom. The van der Waals surface area contributed by atoms with Gasteiger partial charge in [0.1, 0.15) is 18.1 Å². The Bertz CT molecular complexity index is 525. The molecule has 2 N–H and O–H groups in total. The molecule has 1 heterocycles. The Hall–Kier alpha value is -1.00. The van der Waals surface area contributed by atoms with Crippen molar-refractivity contribution in [1.29, 1.82) is 0 Å². The molecule has 0 atom stereocenters. The standard InChI is InChI=1S/C13H13Cl2NO2/c14-12-4-1-9(5-13(12)15)6-16-7-10-2-3-11(8-17)18-10/h1-5,16-17H,6-8H2. The molecule has 0 saturated heterocycles. The van der Waals surface area contributed by atoms with E-state index in [2.05, 4.69) is 5.32 Å². The van der Waals surface area contributed by atoms with Gasteiger partial charge >= 0.3 is 0 Å². The van der Waals surface area contributed by atoms with Crippen LogP contribution in [0.1, 0.15) is 17.1 Å². The van der Waals surface area contributed by atoms with Crippen LogP contribution in [0.2, 0.25) is 10.0 Å². The highest BCUT2D eigenvalue weighted by atomic mass is 35.5. The second-order valence-corrected chi connectivity index (χ2v) is 4.69. The van der Waals surface area contributed by atoms with E-state index in [0.717, 1.165) is 11.3 Å². The lowest BCUT2D eigenvalue weighted by Crippen LogP contribution is -2.12. The largest absolute Gasteiger partial charge is 0.462 e. The number of aliphatic hydroxyl groups excluding tert-OH is 1. The van der Waals surface area contributed by atoms with Gasteiger partial charge in [-0.15, -0.1) is 0 Å². The third-order valence-electron chi connectivity index (χ3n) is 2.49. The predicted molar refractivity (Wildman–Crippen MR) is 71.6 cm³/mol. The summed E-state index contributed by atoms with van der Waals surface area (Å²) >= 11 is 11.8. The number of aliphatic hydroxyl groups is 1. The van der Waals surface area contributed by atoms with Crippen LogP contribution in [0.4, 0.5) is 0 Å². The van der Waals surface area contributed by atoms with Crippen LogP contribution in [0.5, 0.6) is 0 Å². The SMILES string of the molecule is OCc1ccc(CNCc2ccc(Cl)c(Cl)c2)o1. The molecule has 18 heavy (non-hydrogen) atoms. The topological polar surface area (TPSA) is 45.4 Å². The third-order valence-corrected chi connectivity index (χ3v) is 3.22. The lowest BCUT2D eigenvalue weighted by atomic mass is 10.2. The first-order chi connectivity index (χ1) is 8.69. The maximum Gasteiger partial charge on any atom is 0.129 e. The van der Waals surface area contributed by atoms with E-state index < -0.39 is 0 Å². The van der Waals surface area contributed by atoms with Crippen LogP contribution in [0, 0.1) is 0 Å². The first-order valence-corrected chi connectivity index (χ1v) is 6.27. The molecule has 0 fully saturated rings. The molecule has 1 aromatic carbocycles. The molecule has 5 heteroatoms. The molecule has 0 bridgehead atoms. The summed E-state index contributed by atoms with van der Waals surface area (Å²) in [4.78, 5) is 0. The van der Waals surface area contributed by atoms with E-state index in [0.29, 0.717) is 28.9 Å². The Kier molecular flexibility index (Phi) is 4.66.